The number of hydrogen-bond acceptors (Lipinski definition) is 2. The van der Waals surface area contributed by atoms with Gasteiger partial charge in [0.05, 0.1) is 0 Å². The van der Waals surface area contributed by atoms with Crippen LogP contribution in [0.15, 0.2) is 79.3 Å². The molecule has 5 heteroatoms. The average Bonchev–Trinajstić information content (AvgIpc) is 2.75. The van der Waals surface area contributed by atoms with Crippen LogP contribution in [-0.4, -0.2) is 18.6 Å². The van der Waals surface area contributed by atoms with Crippen molar-refractivity contribution in [3.8, 4) is 0 Å². The molecule has 31 heavy (non-hydrogen) atoms. The second-order valence-electron chi connectivity index (χ2n) is 6.54. The van der Waals surface area contributed by atoms with E-state index in [1.165, 1.54) is 0 Å². The fourth-order valence-electron chi connectivity index (χ4n) is 1.87. The number of ether oxygens (including phenoxy) is 1. The SMILES string of the molecule is C=C(CC)NC(C)C(=C)/C=C\C(=C/C)OCC(C)(F)F.C=Cc1ccc(Cl)cc1.CC. The van der Waals surface area contributed by atoms with Crippen LogP contribution in [0, 0.1) is 0 Å². The average molecular weight is 454 g/mol. The fourth-order valence-corrected chi connectivity index (χ4v) is 2.00. The Morgan fingerprint density at radius 2 is 1.74 bits per heavy atom. The summed E-state index contributed by atoms with van der Waals surface area (Å²) in [5, 5.41) is 3.97. The summed E-state index contributed by atoms with van der Waals surface area (Å²) in [7, 11) is 0. The molecule has 0 aliphatic rings. The van der Waals surface area contributed by atoms with E-state index in [4.69, 9.17) is 16.3 Å². The van der Waals surface area contributed by atoms with Crippen LogP contribution in [0.5, 0.6) is 0 Å². The Hall–Kier alpha value is -2.33. The summed E-state index contributed by atoms with van der Waals surface area (Å²) >= 11 is 5.63. The molecule has 0 radical (unpaired) electrons. The summed E-state index contributed by atoms with van der Waals surface area (Å²) in [6.07, 6.45) is 7.66. The smallest absolute Gasteiger partial charge is 0.278 e. The quantitative estimate of drug-likeness (QED) is 0.283. The number of halogens is 3. The molecule has 1 aromatic carbocycles. The Morgan fingerprint density at radius 1 is 1.19 bits per heavy atom. The minimum absolute atomic E-state index is 0.0319. The normalized spacial score (nSPS) is 12.0. The first-order valence-electron chi connectivity index (χ1n) is 10.4. The van der Waals surface area contributed by atoms with Gasteiger partial charge in [0.15, 0.2) is 6.61 Å². The van der Waals surface area contributed by atoms with Crippen LogP contribution < -0.4 is 5.32 Å². The van der Waals surface area contributed by atoms with Crippen molar-refractivity contribution in [2.75, 3.05) is 6.61 Å². The van der Waals surface area contributed by atoms with Gasteiger partial charge in [0.25, 0.3) is 5.92 Å². The first-order valence-corrected chi connectivity index (χ1v) is 10.8. The van der Waals surface area contributed by atoms with Gasteiger partial charge in [-0.2, -0.15) is 0 Å². The second-order valence-corrected chi connectivity index (χ2v) is 6.97. The molecule has 0 amide bonds. The fraction of sp³-hybridized carbons (Fsp3) is 0.385. The molecule has 0 saturated carbocycles. The van der Waals surface area contributed by atoms with E-state index in [-0.39, 0.29) is 6.04 Å². The summed E-state index contributed by atoms with van der Waals surface area (Å²) < 4.78 is 30.5. The Morgan fingerprint density at radius 3 is 2.16 bits per heavy atom. The summed E-state index contributed by atoms with van der Waals surface area (Å²) in [5.74, 6) is -2.44. The lowest BCUT2D eigenvalue weighted by Gasteiger charge is -2.17. The van der Waals surface area contributed by atoms with Gasteiger partial charge in [-0.15, -0.1) is 0 Å². The van der Waals surface area contributed by atoms with E-state index >= 15 is 0 Å². The number of benzene rings is 1. The molecule has 1 N–H and O–H groups in total. The predicted octanol–water partition coefficient (Wildman–Crippen LogP) is 8.59. The summed E-state index contributed by atoms with van der Waals surface area (Å²) in [6, 6.07) is 7.58. The summed E-state index contributed by atoms with van der Waals surface area (Å²) in [6.45, 7) is 21.3. The topological polar surface area (TPSA) is 21.3 Å². The zero-order valence-corrected chi connectivity index (χ0v) is 20.5. The van der Waals surface area contributed by atoms with Crippen LogP contribution in [-0.2, 0) is 4.74 Å². The van der Waals surface area contributed by atoms with E-state index in [0.29, 0.717) is 5.76 Å². The molecular weight excluding hydrogens is 416 g/mol. The Balaban J connectivity index is 0. The minimum Gasteiger partial charge on any atom is -0.488 e. The van der Waals surface area contributed by atoms with Crippen LogP contribution in [0.1, 0.15) is 53.5 Å². The molecule has 0 bridgehead atoms. The molecular formula is C26H38ClF2NO. The van der Waals surface area contributed by atoms with Crippen molar-refractivity contribution < 1.29 is 13.5 Å². The molecule has 0 fully saturated rings. The number of nitrogens with one attached hydrogen (secondary N) is 1. The first kappa shape index (κ1) is 30.9. The van der Waals surface area contributed by atoms with Crippen molar-refractivity contribution in [2.45, 2.75) is 59.9 Å². The van der Waals surface area contributed by atoms with Gasteiger partial charge in [-0.25, -0.2) is 8.78 Å². The highest BCUT2D eigenvalue weighted by molar-refractivity contribution is 6.30. The highest BCUT2D eigenvalue weighted by atomic mass is 35.5. The van der Waals surface area contributed by atoms with Gasteiger partial charge >= 0.3 is 0 Å². The molecule has 1 unspecified atom stereocenters. The van der Waals surface area contributed by atoms with E-state index in [2.05, 4.69) is 25.1 Å². The molecule has 1 aromatic rings. The largest absolute Gasteiger partial charge is 0.488 e. The summed E-state index contributed by atoms with van der Waals surface area (Å²) in [4.78, 5) is 0. The zero-order chi connectivity index (χ0) is 24.4. The molecule has 0 aliphatic carbocycles. The number of alkyl halides is 2. The van der Waals surface area contributed by atoms with Crippen LogP contribution in [0.3, 0.4) is 0 Å². The third-order valence-corrected chi connectivity index (χ3v) is 4.00. The van der Waals surface area contributed by atoms with Gasteiger partial charge in [0, 0.05) is 23.7 Å². The molecule has 0 spiro atoms. The maximum Gasteiger partial charge on any atom is 0.278 e. The van der Waals surface area contributed by atoms with E-state index < -0.39 is 12.5 Å². The van der Waals surface area contributed by atoms with Crippen molar-refractivity contribution in [2.24, 2.45) is 0 Å². The third kappa shape index (κ3) is 17.1. The van der Waals surface area contributed by atoms with Gasteiger partial charge in [0.1, 0.15) is 5.76 Å². The van der Waals surface area contributed by atoms with E-state index in [1.807, 2.05) is 52.0 Å². The van der Waals surface area contributed by atoms with E-state index in [9.17, 15) is 8.78 Å². The highest BCUT2D eigenvalue weighted by Crippen LogP contribution is 2.15. The van der Waals surface area contributed by atoms with Gasteiger partial charge in [-0.05, 0) is 55.7 Å². The van der Waals surface area contributed by atoms with Crippen LogP contribution in [0.25, 0.3) is 6.08 Å². The predicted molar refractivity (Wildman–Crippen MR) is 134 cm³/mol. The number of rotatable bonds is 10. The first-order chi connectivity index (χ1) is 14.5. The lowest BCUT2D eigenvalue weighted by atomic mass is 10.1. The molecule has 1 atom stereocenters. The molecule has 2 nitrogen and oxygen atoms in total. The number of hydrogen-bond donors (Lipinski definition) is 1. The van der Waals surface area contributed by atoms with Gasteiger partial charge in [0.2, 0.25) is 0 Å². The van der Waals surface area contributed by atoms with Crippen molar-refractivity contribution in [1.29, 1.82) is 0 Å². The maximum absolute atomic E-state index is 12.7. The van der Waals surface area contributed by atoms with Crippen molar-refractivity contribution >= 4 is 17.7 Å². The van der Waals surface area contributed by atoms with Crippen LogP contribution >= 0.6 is 11.6 Å². The number of allylic oxidation sites excluding steroid dienone is 3. The Bertz CT molecular complexity index is 716. The molecule has 0 aromatic heterocycles. The molecule has 0 saturated heterocycles. The zero-order valence-electron chi connectivity index (χ0n) is 19.8. The third-order valence-electron chi connectivity index (χ3n) is 3.75. The molecule has 0 heterocycles. The summed E-state index contributed by atoms with van der Waals surface area (Å²) in [5.41, 5.74) is 2.85. The monoisotopic (exact) mass is 453 g/mol. The Kier molecular flexibility index (Phi) is 17.3. The molecule has 174 valence electrons. The van der Waals surface area contributed by atoms with Crippen LogP contribution in [0.4, 0.5) is 8.78 Å². The lowest BCUT2D eigenvalue weighted by Crippen LogP contribution is -2.25. The van der Waals surface area contributed by atoms with Gasteiger partial charge in [-0.1, -0.05) is 76.4 Å². The maximum atomic E-state index is 12.7. The second kappa shape index (κ2) is 17.4. The van der Waals surface area contributed by atoms with Crippen molar-refractivity contribution in [1.82, 2.24) is 5.32 Å². The van der Waals surface area contributed by atoms with Crippen molar-refractivity contribution in [3.63, 3.8) is 0 Å². The van der Waals surface area contributed by atoms with Crippen LogP contribution in [0.2, 0.25) is 5.02 Å². The standard InChI is InChI=1S/C16H25F2NO.C8H7Cl.C2H6/c1-7-13(4)19-14(5)12(3)9-10-15(8-2)20-11-16(6,17)18;1-2-7-3-5-8(9)6-4-7;1-2/h8-10,14,19H,3-4,7,11H2,1-2,5-6H3;2-6H,1H2;1-2H3/b10-9-,15-8+;;. The van der Waals surface area contributed by atoms with E-state index in [0.717, 1.165) is 35.2 Å². The minimum atomic E-state index is -2.84. The molecule has 1 rings (SSSR count). The van der Waals surface area contributed by atoms with Gasteiger partial charge < -0.3 is 10.1 Å². The highest BCUT2D eigenvalue weighted by Gasteiger charge is 2.22. The lowest BCUT2D eigenvalue weighted by molar-refractivity contribution is -0.0417. The molecule has 0 aliphatic heterocycles. The van der Waals surface area contributed by atoms with E-state index in [1.54, 1.807) is 31.2 Å². The van der Waals surface area contributed by atoms with Crippen molar-refractivity contribution in [3.05, 3.63) is 89.8 Å². The Labute approximate surface area is 193 Å². The van der Waals surface area contributed by atoms with Gasteiger partial charge in [-0.3, -0.25) is 0 Å².